The minimum Gasteiger partial charge on any atom is -0.481 e. The summed E-state index contributed by atoms with van der Waals surface area (Å²) in [4.78, 5) is 24.1. The van der Waals surface area contributed by atoms with E-state index < -0.39 is 11.9 Å². The van der Waals surface area contributed by atoms with Crippen LogP contribution in [0, 0.1) is 5.92 Å². The van der Waals surface area contributed by atoms with Gasteiger partial charge < -0.3 is 15.3 Å². The lowest BCUT2D eigenvalue weighted by Gasteiger charge is -2.13. The van der Waals surface area contributed by atoms with Gasteiger partial charge in [0.05, 0.1) is 5.92 Å². The fourth-order valence-corrected chi connectivity index (χ4v) is 1.31. The number of rotatable bonds is 8. The van der Waals surface area contributed by atoms with E-state index in [9.17, 15) is 9.59 Å². The van der Waals surface area contributed by atoms with Crippen molar-refractivity contribution in [3.63, 3.8) is 0 Å². The second kappa shape index (κ2) is 8.10. The number of nitrogens with one attached hydrogen (secondary N) is 1. The Morgan fingerprint density at radius 2 is 2.00 bits per heavy atom. The first-order valence-corrected chi connectivity index (χ1v) is 5.61. The summed E-state index contributed by atoms with van der Waals surface area (Å²) in [6.45, 7) is 2.84. The molecule has 0 saturated carbocycles. The van der Waals surface area contributed by atoms with E-state index in [4.69, 9.17) is 5.11 Å². The van der Waals surface area contributed by atoms with Crippen molar-refractivity contribution < 1.29 is 14.7 Å². The van der Waals surface area contributed by atoms with E-state index in [0.29, 0.717) is 19.4 Å². The smallest absolute Gasteiger partial charge is 0.308 e. The molecule has 0 radical (unpaired) electrons. The Kier molecular flexibility index (Phi) is 7.54. The van der Waals surface area contributed by atoms with Crippen molar-refractivity contribution in [2.24, 2.45) is 5.92 Å². The van der Waals surface area contributed by atoms with E-state index in [1.54, 1.807) is 0 Å². The standard InChI is InChI=1S/C11H22N2O3/c1-4-5-9(11(15)16)8-12-10(14)6-7-13(2)3/h9H,4-8H2,1-3H3,(H,12,14)(H,15,16). The van der Waals surface area contributed by atoms with Crippen molar-refractivity contribution in [1.29, 1.82) is 0 Å². The first-order chi connectivity index (χ1) is 7.47. The van der Waals surface area contributed by atoms with Gasteiger partial charge in [0.1, 0.15) is 0 Å². The fraction of sp³-hybridized carbons (Fsp3) is 0.818. The third-order valence-electron chi connectivity index (χ3n) is 2.32. The molecule has 1 amide bonds. The van der Waals surface area contributed by atoms with E-state index in [1.807, 2.05) is 25.9 Å². The van der Waals surface area contributed by atoms with Gasteiger partial charge in [-0.05, 0) is 20.5 Å². The van der Waals surface area contributed by atoms with Gasteiger partial charge in [-0.3, -0.25) is 9.59 Å². The van der Waals surface area contributed by atoms with Gasteiger partial charge in [-0.1, -0.05) is 13.3 Å². The van der Waals surface area contributed by atoms with Gasteiger partial charge in [0.25, 0.3) is 0 Å². The van der Waals surface area contributed by atoms with Crippen LogP contribution in [0.1, 0.15) is 26.2 Å². The monoisotopic (exact) mass is 230 g/mol. The largest absolute Gasteiger partial charge is 0.481 e. The Hall–Kier alpha value is -1.10. The Labute approximate surface area is 96.8 Å². The highest BCUT2D eigenvalue weighted by atomic mass is 16.4. The highest BCUT2D eigenvalue weighted by Crippen LogP contribution is 2.05. The average molecular weight is 230 g/mol. The zero-order valence-corrected chi connectivity index (χ0v) is 10.3. The third kappa shape index (κ3) is 7.23. The van der Waals surface area contributed by atoms with Gasteiger partial charge in [-0.25, -0.2) is 0 Å². The molecule has 0 aromatic carbocycles. The van der Waals surface area contributed by atoms with Crippen LogP contribution >= 0.6 is 0 Å². The molecule has 0 fully saturated rings. The second-order valence-corrected chi connectivity index (χ2v) is 4.18. The van der Waals surface area contributed by atoms with Crippen molar-refractivity contribution >= 4 is 11.9 Å². The number of hydrogen-bond donors (Lipinski definition) is 2. The summed E-state index contributed by atoms with van der Waals surface area (Å²) in [6, 6.07) is 0. The average Bonchev–Trinajstić information content (AvgIpc) is 2.20. The highest BCUT2D eigenvalue weighted by Gasteiger charge is 2.16. The molecule has 0 rings (SSSR count). The number of carboxylic acids is 1. The summed E-state index contributed by atoms with van der Waals surface area (Å²) < 4.78 is 0. The number of hydrogen-bond acceptors (Lipinski definition) is 3. The Morgan fingerprint density at radius 1 is 1.38 bits per heavy atom. The van der Waals surface area contributed by atoms with E-state index in [1.165, 1.54) is 0 Å². The van der Waals surface area contributed by atoms with Crippen LogP contribution in [0.2, 0.25) is 0 Å². The lowest BCUT2D eigenvalue weighted by atomic mass is 10.0. The van der Waals surface area contributed by atoms with Crippen LogP contribution in [0.25, 0.3) is 0 Å². The van der Waals surface area contributed by atoms with Crippen molar-refractivity contribution in [2.75, 3.05) is 27.2 Å². The van der Waals surface area contributed by atoms with E-state index in [0.717, 1.165) is 6.42 Å². The Morgan fingerprint density at radius 3 is 2.44 bits per heavy atom. The van der Waals surface area contributed by atoms with Gasteiger partial charge in [0.15, 0.2) is 0 Å². The predicted molar refractivity (Wildman–Crippen MR) is 62.2 cm³/mol. The molecular weight excluding hydrogens is 208 g/mol. The van der Waals surface area contributed by atoms with Crippen LogP contribution in [0.3, 0.4) is 0 Å². The molecule has 16 heavy (non-hydrogen) atoms. The molecule has 94 valence electrons. The summed E-state index contributed by atoms with van der Waals surface area (Å²) in [5.41, 5.74) is 0. The molecule has 0 saturated heterocycles. The summed E-state index contributed by atoms with van der Waals surface area (Å²) in [5.74, 6) is -1.39. The van der Waals surface area contributed by atoms with Crippen LogP contribution in [-0.4, -0.2) is 49.1 Å². The zero-order chi connectivity index (χ0) is 12.6. The van der Waals surface area contributed by atoms with Gasteiger partial charge in [0.2, 0.25) is 5.91 Å². The van der Waals surface area contributed by atoms with Gasteiger partial charge in [-0.2, -0.15) is 0 Å². The normalized spacial score (nSPS) is 12.5. The maximum atomic E-state index is 11.3. The third-order valence-corrected chi connectivity index (χ3v) is 2.32. The molecule has 0 aliphatic carbocycles. The zero-order valence-electron chi connectivity index (χ0n) is 10.3. The number of nitrogens with zero attached hydrogens (tertiary/aromatic N) is 1. The van der Waals surface area contributed by atoms with E-state index >= 15 is 0 Å². The van der Waals surface area contributed by atoms with Crippen LogP contribution < -0.4 is 5.32 Å². The molecule has 5 nitrogen and oxygen atoms in total. The number of carbonyl (C=O) groups is 2. The van der Waals surface area contributed by atoms with Crippen molar-refractivity contribution in [1.82, 2.24) is 10.2 Å². The number of amides is 1. The maximum absolute atomic E-state index is 11.3. The first-order valence-electron chi connectivity index (χ1n) is 5.61. The molecule has 0 aliphatic heterocycles. The van der Waals surface area contributed by atoms with Crippen molar-refractivity contribution in [3.8, 4) is 0 Å². The highest BCUT2D eigenvalue weighted by molar-refractivity contribution is 5.77. The second-order valence-electron chi connectivity index (χ2n) is 4.18. The molecular formula is C11H22N2O3. The summed E-state index contributed by atoms with van der Waals surface area (Å²) in [7, 11) is 3.79. The summed E-state index contributed by atoms with van der Waals surface area (Å²) >= 11 is 0. The van der Waals surface area contributed by atoms with Crippen molar-refractivity contribution in [2.45, 2.75) is 26.2 Å². The Bertz CT molecular complexity index is 229. The molecule has 2 N–H and O–H groups in total. The van der Waals surface area contributed by atoms with Crippen LogP contribution in [0.15, 0.2) is 0 Å². The molecule has 0 aliphatic rings. The molecule has 5 heteroatoms. The number of carbonyl (C=O) groups excluding carboxylic acids is 1. The first kappa shape index (κ1) is 14.9. The van der Waals surface area contributed by atoms with Gasteiger partial charge in [-0.15, -0.1) is 0 Å². The number of carboxylic acid groups (broad SMARTS) is 1. The SMILES string of the molecule is CCCC(CNC(=O)CCN(C)C)C(=O)O. The minimum atomic E-state index is -0.838. The Balaban J connectivity index is 3.82. The predicted octanol–water partition coefficient (Wildman–Crippen LogP) is 0.555. The van der Waals surface area contributed by atoms with Crippen LogP contribution in [0.4, 0.5) is 0 Å². The fourth-order valence-electron chi connectivity index (χ4n) is 1.31. The maximum Gasteiger partial charge on any atom is 0.308 e. The van der Waals surface area contributed by atoms with Gasteiger partial charge in [0, 0.05) is 19.5 Å². The lowest BCUT2D eigenvalue weighted by molar-refractivity contribution is -0.141. The molecule has 1 atom stereocenters. The van der Waals surface area contributed by atoms with E-state index in [-0.39, 0.29) is 12.5 Å². The van der Waals surface area contributed by atoms with E-state index in [2.05, 4.69) is 5.32 Å². The molecule has 0 bridgehead atoms. The van der Waals surface area contributed by atoms with Crippen molar-refractivity contribution in [3.05, 3.63) is 0 Å². The quantitative estimate of drug-likeness (QED) is 0.639. The van der Waals surface area contributed by atoms with Gasteiger partial charge >= 0.3 is 5.97 Å². The van der Waals surface area contributed by atoms with Crippen LogP contribution in [-0.2, 0) is 9.59 Å². The lowest BCUT2D eigenvalue weighted by Crippen LogP contribution is -2.34. The number of aliphatic carboxylic acids is 1. The topological polar surface area (TPSA) is 69.6 Å². The van der Waals surface area contributed by atoms with Crippen LogP contribution in [0.5, 0.6) is 0 Å². The molecule has 0 aromatic heterocycles. The molecule has 0 spiro atoms. The molecule has 0 heterocycles. The summed E-state index contributed by atoms with van der Waals surface area (Å²) in [6.07, 6.45) is 1.82. The molecule has 1 unspecified atom stereocenters. The molecule has 0 aromatic rings. The summed E-state index contributed by atoms with van der Waals surface area (Å²) in [5, 5.41) is 11.5. The minimum absolute atomic E-state index is 0.0870.